The van der Waals surface area contributed by atoms with Gasteiger partial charge in [0.15, 0.2) is 6.10 Å². The fraction of sp³-hybridized carbons (Fsp3) is 0.150. The van der Waals surface area contributed by atoms with Crippen LogP contribution >= 0.6 is 11.6 Å². The van der Waals surface area contributed by atoms with E-state index in [9.17, 15) is 4.79 Å². The van der Waals surface area contributed by atoms with Crippen LogP contribution in [-0.2, 0) is 4.79 Å². The van der Waals surface area contributed by atoms with Gasteiger partial charge >= 0.3 is 0 Å². The topological polar surface area (TPSA) is 38.3 Å². The summed E-state index contributed by atoms with van der Waals surface area (Å²) in [6.07, 6.45) is -0.621. The second-order valence-corrected chi connectivity index (χ2v) is 6.08. The van der Waals surface area contributed by atoms with Crippen LogP contribution in [0.5, 0.6) is 5.75 Å². The van der Waals surface area contributed by atoms with Gasteiger partial charge in [0.25, 0.3) is 5.91 Å². The maximum Gasteiger partial charge on any atom is 0.265 e. The number of fused-ring (bicyclic) bond motifs is 1. The highest BCUT2D eigenvalue weighted by atomic mass is 35.5. The van der Waals surface area contributed by atoms with Crippen LogP contribution in [0, 0.1) is 6.92 Å². The van der Waals surface area contributed by atoms with E-state index < -0.39 is 6.10 Å². The summed E-state index contributed by atoms with van der Waals surface area (Å²) in [5.74, 6) is 0.452. The molecule has 0 bridgehead atoms. The molecular formula is C20H18ClNO2. The fourth-order valence-corrected chi connectivity index (χ4v) is 2.65. The maximum atomic E-state index is 12.4. The molecule has 3 rings (SSSR count). The van der Waals surface area contributed by atoms with Gasteiger partial charge in [-0.1, -0.05) is 48.0 Å². The van der Waals surface area contributed by atoms with Gasteiger partial charge in [0.05, 0.1) is 0 Å². The number of anilines is 1. The van der Waals surface area contributed by atoms with Gasteiger partial charge in [-0.25, -0.2) is 0 Å². The van der Waals surface area contributed by atoms with Gasteiger partial charge in [-0.3, -0.25) is 4.79 Å². The molecule has 1 atom stereocenters. The molecule has 122 valence electrons. The summed E-state index contributed by atoms with van der Waals surface area (Å²) >= 11 is 6.08. The summed E-state index contributed by atoms with van der Waals surface area (Å²) < 4.78 is 5.78. The number of carbonyl (C=O) groups is 1. The molecule has 24 heavy (non-hydrogen) atoms. The Morgan fingerprint density at radius 1 is 1.04 bits per heavy atom. The van der Waals surface area contributed by atoms with Gasteiger partial charge in [-0.15, -0.1) is 0 Å². The Labute approximate surface area is 146 Å². The van der Waals surface area contributed by atoms with Gasteiger partial charge in [0, 0.05) is 10.7 Å². The molecule has 4 heteroatoms. The Morgan fingerprint density at radius 3 is 2.58 bits per heavy atom. The van der Waals surface area contributed by atoms with Gasteiger partial charge < -0.3 is 10.1 Å². The predicted molar refractivity (Wildman–Crippen MR) is 98.9 cm³/mol. The number of carbonyl (C=O) groups excluding carboxylic acids is 1. The third kappa shape index (κ3) is 3.52. The molecule has 0 spiro atoms. The average Bonchev–Trinajstić information content (AvgIpc) is 2.58. The minimum Gasteiger partial charge on any atom is -0.481 e. The molecular weight excluding hydrogens is 322 g/mol. The molecule has 0 saturated heterocycles. The lowest BCUT2D eigenvalue weighted by atomic mass is 10.1. The van der Waals surface area contributed by atoms with Crippen molar-refractivity contribution in [2.75, 3.05) is 5.32 Å². The zero-order valence-electron chi connectivity index (χ0n) is 13.5. The largest absolute Gasteiger partial charge is 0.481 e. The van der Waals surface area contributed by atoms with E-state index in [-0.39, 0.29) is 5.91 Å². The second kappa shape index (κ2) is 6.93. The first kappa shape index (κ1) is 16.3. The highest BCUT2D eigenvalue weighted by Gasteiger charge is 2.16. The summed E-state index contributed by atoms with van der Waals surface area (Å²) in [6, 6.07) is 19.2. The SMILES string of the molecule is Cc1c(Cl)cccc1NC(=O)C(C)Oc1ccc2ccccc2c1. The number of amides is 1. The Balaban J connectivity index is 1.72. The number of halogens is 1. The number of hydrogen-bond acceptors (Lipinski definition) is 2. The highest BCUT2D eigenvalue weighted by Crippen LogP contribution is 2.24. The number of benzene rings is 3. The van der Waals surface area contributed by atoms with Gasteiger partial charge in [-0.05, 0) is 54.4 Å². The average molecular weight is 340 g/mol. The standard InChI is InChI=1S/C20H18ClNO2/c1-13-18(21)8-5-9-19(13)22-20(23)14(2)24-17-11-10-15-6-3-4-7-16(15)12-17/h3-12,14H,1-2H3,(H,22,23). The van der Waals surface area contributed by atoms with Crippen molar-refractivity contribution in [3.8, 4) is 5.75 Å². The molecule has 0 saturated carbocycles. The van der Waals surface area contributed by atoms with E-state index in [1.165, 1.54) is 0 Å². The van der Waals surface area contributed by atoms with Crippen molar-refractivity contribution in [3.05, 3.63) is 71.2 Å². The molecule has 0 aliphatic rings. The summed E-state index contributed by atoms with van der Waals surface area (Å²) in [5.41, 5.74) is 1.53. The minimum absolute atomic E-state index is 0.214. The first-order chi connectivity index (χ1) is 11.5. The molecule has 1 amide bonds. The normalized spacial score (nSPS) is 12.0. The zero-order chi connectivity index (χ0) is 17.1. The van der Waals surface area contributed by atoms with Crippen molar-refractivity contribution in [3.63, 3.8) is 0 Å². The lowest BCUT2D eigenvalue weighted by Gasteiger charge is -2.16. The van der Waals surface area contributed by atoms with Crippen molar-refractivity contribution < 1.29 is 9.53 Å². The van der Waals surface area contributed by atoms with Crippen LogP contribution in [0.15, 0.2) is 60.7 Å². The van der Waals surface area contributed by atoms with E-state index in [0.29, 0.717) is 16.5 Å². The van der Waals surface area contributed by atoms with Crippen LogP contribution in [0.25, 0.3) is 10.8 Å². The predicted octanol–water partition coefficient (Wildman–Crippen LogP) is 5.21. The van der Waals surface area contributed by atoms with E-state index >= 15 is 0 Å². The number of hydrogen-bond donors (Lipinski definition) is 1. The van der Waals surface area contributed by atoms with E-state index in [1.54, 1.807) is 19.1 Å². The fourth-order valence-electron chi connectivity index (χ4n) is 2.48. The number of rotatable bonds is 4. The van der Waals surface area contributed by atoms with E-state index in [4.69, 9.17) is 16.3 Å². The van der Waals surface area contributed by atoms with E-state index in [2.05, 4.69) is 5.32 Å². The lowest BCUT2D eigenvalue weighted by molar-refractivity contribution is -0.122. The smallest absolute Gasteiger partial charge is 0.265 e. The Hall–Kier alpha value is -2.52. The van der Waals surface area contributed by atoms with Crippen molar-refractivity contribution in [2.24, 2.45) is 0 Å². The summed E-state index contributed by atoms with van der Waals surface area (Å²) in [7, 11) is 0. The van der Waals surface area contributed by atoms with E-state index in [1.807, 2.05) is 55.5 Å². The Kier molecular flexibility index (Phi) is 4.72. The molecule has 1 unspecified atom stereocenters. The number of nitrogens with one attached hydrogen (secondary N) is 1. The number of ether oxygens (including phenoxy) is 1. The molecule has 0 heterocycles. The zero-order valence-corrected chi connectivity index (χ0v) is 14.3. The monoisotopic (exact) mass is 339 g/mol. The van der Waals surface area contributed by atoms with Crippen LogP contribution < -0.4 is 10.1 Å². The Morgan fingerprint density at radius 2 is 1.79 bits per heavy atom. The van der Waals surface area contributed by atoms with Crippen LogP contribution in [0.3, 0.4) is 0 Å². The molecule has 0 fully saturated rings. The quantitative estimate of drug-likeness (QED) is 0.708. The molecule has 3 nitrogen and oxygen atoms in total. The highest BCUT2D eigenvalue weighted by molar-refractivity contribution is 6.31. The molecule has 0 aliphatic carbocycles. The molecule has 3 aromatic rings. The van der Waals surface area contributed by atoms with Crippen molar-refractivity contribution in [2.45, 2.75) is 20.0 Å². The third-order valence-electron chi connectivity index (χ3n) is 3.93. The lowest BCUT2D eigenvalue weighted by Crippen LogP contribution is -2.30. The van der Waals surface area contributed by atoms with Crippen LogP contribution in [0.4, 0.5) is 5.69 Å². The second-order valence-electron chi connectivity index (χ2n) is 5.67. The van der Waals surface area contributed by atoms with Crippen LogP contribution in [-0.4, -0.2) is 12.0 Å². The molecule has 1 N–H and O–H groups in total. The molecule has 0 aromatic heterocycles. The van der Waals surface area contributed by atoms with Crippen LogP contribution in [0.1, 0.15) is 12.5 Å². The summed E-state index contributed by atoms with van der Waals surface area (Å²) in [6.45, 7) is 3.59. The molecule has 0 aliphatic heterocycles. The van der Waals surface area contributed by atoms with Crippen molar-refractivity contribution in [1.82, 2.24) is 0 Å². The first-order valence-corrected chi connectivity index (χ1v) is 8.14. The molecule has 0 radical (unpaired) electrons. The van der Waals surface area contributed by atoms with Crippen molar-refractivity contribution in [1.29, 1.82) is 0 Å². The van der Waals surface area contributed by atoms with Gasteiger partial charge in [0.1, 0.15) is 5.75 Å². The summed E-state index contributed by atoms with van der Waals surface area (Å²) in [4.78, 5) is 12.4. The first-order valence-electron chi connectivity index (χ1n) is 7.76. The van der Waals surface area contributed by atoms with Gasteiger partial charge in [0.2, 0.25) is 0 Å². The maximum absolute atomic E-state index is 12.4. The minimum atomic E-state index is -0.621. The molecule has 3 aromatic carbocycles. The Bertz CT molecular complexity index is 892. The van der Waals surface area contributed by atoms with Crippen molar-refractivity contribution >= 4 is 34.0 Å². The third-order valence-corrected chi connectivity index (χ3v) is 4.34. The summed E-state index contributed by atoms with van der Waals surface area (Å²) in [5, 5.41) is 5.69. The van der Waals surface area contributed by atoms with Crippen LogP contribution in [0.2, 0.25) is 5.02 Å². The van der Waals surface area contributed by atoms with E-state index in [0.717, 1.165) is 16.3 Å². The van der Waals surface area contributed by atoms with Gasteiger partial charge in [-0.2, -0.15) is 0 Å².